The van der Waals surface area contributed by atoms with Crippen molar-refractivity contribution < 1.29 is 9.13 Å². The zero-order valence-corrected chi connectivity index (χ0v) is 11.7. The molecule has 1 unspecified atom stereocenters. The van der Waals surface area contributed by atoms with Crippen molar-refractivity contribution >= 4 is 11.6 Å². The van der Waals surface area contributed by atoms with Gasteiger partial charge in [0.05, 0.1) is 5.60 Å². The van der Waals surface area contributed by atoms with Gasteiger partial charge >= 0.3 is 0 Å². The van der Waals surface area contributed by atoms with Gasteiger partial charge in [-0.2, -0.15) is 0 Å². The van der Waals surface area contributed by atoms with E-state index in [9.17, 15) is 4.39 Å². The number of nitrogens with one attached hydrogen (secondary N) is 1. The van der Waals surface area contributed by atoms with E-state index in [-0.39, 0.29) is 17.5 Å². The predicted molar refractivity (Wildman–Crippen MR) is 71.9 cm³/mol. The molecule has 0 spiro atoms. The minimum atomic E-state index is -0.307. The van der Waals surface area contributed by atoms with E-state index in [1.165, 1.54) is 6.07 Å². The Morgan fingerprint density at radius 3 is 2.67 bits per heavy atom. The normalized spacial score (nSPS) is 13.7. The Hall–Kier alpha value is -0.680. The van der Waals surface area contributed by atoms with Crippen LogP contribution in [-0.4, -0.2) is 18.8 Å². The molecule has 3 nitrogen and oxygen atoms in total. The molecule has 1 rings (SSSR count). The Bertz CT molecular complexity index is 399. The summed E-state index contributed by atoms with van der Waals surface area (Å²) in [7, 11) is 1.65. The van der Waals surface area contributed by atoms with Gasteiger partial charge in [0, 0.05) is 18.2 Å². The van der Waals surface area contributed by atoms with Crippen molar-refractivity contribution in [1.29, 1.82) is 0 Å². The first-order valence-corrected chi connectivity index (χ1v) is 6.21. The molecule has 1 aromatic carbocycles. The molecule has 0 aromatic heterocycles. The van der Waals surface area contributed by atoms with E-state index < -0.39 is 0 Å². The fraction of sp³-hybridized carbons (Fsp3) is 0.538. The minimum Gasteiger partial charge on any atom is -0.379 e. The maximum absolute atomic E-state index is 13.7. The number of ether oxygens (including phenoxy) is 1. The quantitative estimate of drug-likeness (QED) is 0.619. The van der Waals surface area contributed by atoms with Crippen LogP contribution in [0.3, 0.4) is 0 Å². The number of methoxy groups -OCH3 is 1. The molecule has 0 aliphatic heterocycles. The number of hydrogen-bond donors (Lipinski definition) is 2. The van der Waals surface area contributed by atoms with Gasteiger partial charge in [-0.1, -0.05) is 17.7 Å². The summed E-state index contributed by atoms with van der Waals surface area (Å²) >= 11 is 5.72. The van der Waals surface area contributed by atoms with Crippen molar-refractivity contribution in [3.05, 3.63) is 34.6 Å². The molecule has 1 atom stereocenters. The van der Waals surface area contributed by atoms with Crippen molar-refractivity contribution in [2.45, 2.75) is 38.3 Å². The second-order valence-electron chi connectivity index (χ2n) is 4.97. The van der Waals surface area contributed by atoms with Crippen molar-refractivity contribution in [3.8, 4) is 0 Å². The molecule has 3 N–H and O–H groups in total. The number of halogens is 2. The van der Waals surface area contributed by atoms with E-state index in [1.807, 2.05) is 13.8 Å². The highest BCUT2D eigenvalue weighted by Crippen LogP contribution is 2.20. The van der Waals surface area contributed by atoms with Crippen LogP contribution >= 0.6 is 11.6 Å². The summed E-state index contributed by atoms with van der Waals surface area (Å²) in [6.07, 6.45) is 1.17. The predicted octanol–water partition coefficient (Wildman–Crippen LogP) is 2.67. The highest BCUT2D eigenvalue weighted by Gasteiger charge is 2.23. The summed E-state index contributed by atoms with van der Waals surface area (Å²) in [5.74, 6) is 5.20. The monoisotopic (exact) mass is 274 g/mol. The average molecular weight is 275 g/mol. The molecule has 0 aliphatic rings. The third-order valence-electron chi connectivity index (χ3n) is 3.01. The van der Waals surface area contributed by atoms with Crippen LogP contribution in [0.15, 0.2) is 18.2 Å². The van der Waals surface area contributed by atoms with E-state index in [0.717, 1.165) is 0 Å². The first-order chi connectivity index (χ1) is 8.38. The first kappa shape index (κ1) is 15.4. The molecule has 0 aliphatic carbocycles. The molecule has 0 saturated carbocycles. The van der Waals surface area contributed by atoms with Crippen LogP contribution in [0.1, 0.15) is 25.8 Å². The Morgan fingerprint density at radius 1 is 1.50 bits per heavy atom. The lowest BCUT2D eigenvalue weighted by molar-refractivity contribution is 0.00704. The second kappa shape index (κ2) is 6.48. The zero-order chi connectivity index (χ0) is 13.8. The Morgan fingerprint density at radius 2 is 2.17 bits per heavy atom. The summed E-state index contributed by atoms with van der Waals surface area (Å²) in [6.45, 7) is 3.94. The topological polar surface area (TPSA) is 47.3 Å². The fourth-order valence-corrected chi connectivity index (χ4v) is 1.98. The molecule has 0 saturated heterocycles. The number of hydrogen-bond acceptors (Lipinski definition) is 3. The highest BCUT2D eigenvalue weighted by atomic mass is 35.5. The van der Waals surface area contributed by atoms with Gasteiger partial charge in [-0.05, 0) is 44.4 Å². The lowest BCUT2D eigenvalue weighted by Crippen LogP contribution is -2.42. The minimum absolute atomic E-state index is 0.0596. The van der Waals surface area contributed by atoms with Gasteiger partial charge in [-0.3, -0.25) is 11.3 Å². The number of benzene rings is 1. The van der Waals surface area contributed by atoms with Gasteiger partial charge in [0.25, 0.3) is 0 Å². The smallest absolute Gasteiger partial charge is 0.127 e. The summed E-state index contributed by atoms with van der Waals surface area (Å²) in [6, 6.07) is 4.61. The Balaban J connectivity index is 2.74. The second-order valence-corrected chi connectivity index (χ2v) is 5.41. The maximum atomic E-state index is 13.7. The summed E-state index contributed by atoms with van der Waals surface area (Å²) in [4.78, 5) is 0. The Kier molecular flexibility index (Phi) is 5.53. The van der Waals surface area contributed by atoms with Gasteiger partial charge in [0.15, 0.2) is 0 Å². The van der Waals surface area contributed by atoms with Gasteiger partial charge < -0.3 is 4.74 Å². The van der Waals surface area contributed by atoms with Gasteiger partial charge in [-0.25, -0.2) is 4.39 Å². The van der Waals surface area contributed by atoms with Gasteiger partial charge in [0.1, 0.15) is 5.82 Å². The molecule has 0 amide bonds. The van der Waals surface area contributed by atoms with Gasteiger partial charge in [-0.15, -0.1) is 0 Å². The first-order valence-electron chi connectivity index (χ1n) is 5.83. The van der Waals surface area contributed by atoms with E-state index in [4.69, 9.17) is 22.2 Å². The molecule has 0 bridgehead atoms. The van der Waals surface area contributed by atoms with Crippen LogP contribution in [0, 0.1) is 5.82 Å². The zero-order valence-electron chi connectivity index (χ0n) is 11.0. The Labute approximate surface area is 112 Å². The van der Waals surface area contributed by atoms with Crippen LogP contribution < -0.4 is 11.3 Å². The average Bonchev–Trinajstić information content (AvgIpc) is 2.31. The van der Waals surface area contributed by atoms with Gasteiger partial charge in [0.2, 0.25) is 0 Å². The van der Waals surface area contributed by atoms with E-state index in [2.05, 4.69) is 5.43 Å². The molecular formula is C13H20ClFN2O. The molecule has 0 fully saturated rings. The molecule has 5 heteroatoms. The summed E-state index contributed by atoms with van der Waals surface area (Å²) in [5.41, 5.74) is 2.99. The summed E-state index contributed by atoms with van der Waals surface area (Å²) < 4.78 is 19.0. The largest absolute Gasteiger partial charge is 0.379 e. The van der Waals surface area contributed by atoms with Crippen LogP contribution in [0.25, 0.3) is 0 Å². The van der Waals surface area contributed by atoms with Crippen LogP contribution in [-0.2, 0) is 11.2 Å². The van der Waals surface area contributed by atoms with Crippen LogP contribution in [0.5, 0.6) is 0 Å². The molecule has 18 heavy (non-hydrogen) atoms. The molecule has 1 aromatic rings. The van der Waals surface area contributed by atoms with Crippen LogP contribution in [0.4, 0.5) is 4.39 Å². The van der Waals surface area contributed by atoms with E-state index >= 15 is 0 Å². The van der Waals surface area contributed by atoms with Crippen molar-refractivity contribution in [3.63, 3.8) is 0 Å². The fourth-order valence-electron chi connectivity index (χ4n) is 1.82. The van der Waals surface area contributed by atoms with Crippen molar-refractivity contribution in [2.24, 2.45) is 5.84 Å². The standard InChI is InChI=1S/C13H20ClFN2O/c1-13(2,18-3)8-11(17-16)6-9-4-5-10(14)7-12(9)15/h4-5,7,11,17H,6,8,16H2,1-3H3. The third kappa shape index (κ3) is 4.53. The molecular weight excluding hydrogens is 255 g/mol. The number of hydrazine groups is 1. The SMILES string of the molecule is COC(C)(C)CC(Cc1ccc(Cl)cc1F)NN. The molecule has 0 heterocycles. The van der Waals surface area contributed by atoms with Crippen LogP contribution in [0.2, 0.25) is 5.02 Å². The number of rotatable bonds is 6. The molecule has 102 valence electrons. The molecule has 0 radical (unpaired) electrons. The van der Waals surface area contributed by atoms with E-state index in [0.29, 0.717) is 23.4 Å². The number of nitrogens with two attached hydrogens (primary N) is 1. The van der Waals surface area contributed by atoms with Crippen molar-refractivity contribution in [2.75, 3.05) is 7.11 Å². The lowest BCUT2D eigenvalue weighted by atomic mass is 9.94. The third-order valence-corrected chi connectivity index (χ3v) is 3.24. The highest BCUT2D eigenvalue weighted by molar-refractivity contribution is 6.30. The van der Waals surface area contributed by atoms with Crippen molar-refractivity contribution in [1.82, 2.24) is 5.43 Å². The summed E-state index contributed by atoms with van der Waals surface area (Å²) in [5, 5.41) is 0.394. The lowest BCUT2D eigenvalue weighted by Gasteiger charge is -2.28. The maximum Gasteiger partial charge on any atom is 0.127 e. The van der Waals surface area contributed by atoms with E-state index in [1.54, 1.807) is 19.2 Å².